The molecule has 0 aromatic heterocycles. The first kappa shape index (κ1) is 15.7. The van der Waals surface area contributed by atoms with Gasteiger partial charge in [-0.15, -0.1) is 0 Å². The van der Waals surface area contributed by atoms with E-state index in [1.165, 1.54) is 12.1 Å². The number of nitrogens with one attached hydrogen (secondary N) is 1. The SMILES string of the molecule is CCOCCNc1ccc(C(N)=S)c(C(F)(F)F)c1. The molecule has 0 spiro atoms. The van der Waals surface area contributed by atoms with Gasteiger partial charge in [0.2, 0.25) is 0 Å². The van der Waals surface area contributed by atoms with Crippen LogP contribution in [-0.4, -0.2) is 24.7 Å². The molecule has 0 saturated heterocycles. The molecule has 0 aliphatic heterocycles. The minimum atomic E-state index is -4.49. The van der Waals surface area contributed by atoms with E-state index in [9.17, 15) is 13.2 Å². The lowest BCUT2D eigenvalue weighted by Gasteiger charge is -2.14. The number of rotatable bonds is 6. The van der Waals surface area contributed by atoms with Gasteiger partial charge in [-0.25, -0.2) is 0 Å². The Bertz CT molecular complexity index is 449. The van der Waals surface area contributed by atoms with Gasteiger partial charge in [0.05, 0.1) is 12.2 Å². The first-order valence-electron chi connectivity index (χ1n) is 5.69. The van der Waals surface area contributed by atoms with Crippen molar-refractivity contribution in [3.8, 4) is 0 Å². The molecule has 1 aromatic carbocycles. The number of thiocarbonyl (C=S) groups is 1. The highest BCUT2D eigenvalue weighted by Gasteiger charge is 2.34. The Morgan fingerprint density at radius 3 is 2.63 bits per heavy atom. The van der Waals surface area contributed by atoms with Crippen molar-refractivity contribution < 1.29 is 17.9 Å². The summed E-state index contributed by atoms with van der Waals surface area (Å²) in [5, 5.41) is 2.85. The van der Waals surface area contributed by atoms with Gasteiger partial charge >= 0.3 is 6.18 Å². The van der Waals surface area contributed by atoms with E-state index in [1.807, 2.05) is 6.92 Å². The van der Waals surface area contributed by atoms with E-state index in [-0.39, 0.29) is 10.6 Å². The lowest BCUT2D eigenvalue weighted by Crippen LogP contribution is -2.18. The molecule has 1 rings (SSSR count). The monoisotopic (exact) mass is 292 g/mol. The van der Waals surface area contributed by atoms with Gasteiger partial charge in [-0.05, 0) is 25.1 Å². The first-order valence-corrected chi connectivity index (χ1v) is 6.09. The van der Waals surface area contributed by atoms with Crippen molar-refractivity contribution in [3.05, 3.63) is 29.3 Å². The molecule has 0 atom stereocenters. The van der Waals surface area contributed by atoms with Crippen LogP contribution in [0.25, 0.3) is 0 Å². The zero-order valence-corrected chi connectivity index (χ0v) is 11.2. The number of halogens is 3. The number of ether oxygens (including phenoxy) is 1. The van der Waals surface area contributed by atoms with Crippen LogP contribution >= 0.6 is 12.2 Å². The molecule has 0 unspecified atom stereocenters. The molecule has 0 radical (unpaired) electrons. The van der Waals surface area contributed by atoms with E-state index in [0.717, 1.165) is 6.07 Å². The molecular weight excluding hydrogens is 277 g/mol. The van der Waals surface area contributed by atoms with Gasteiger partial charge in [0.25, 0.3) is 0 Å². The van der Waals surface area contributed by atoms with Crippen LogP contribution in [0.4, 0.5) is 18.9 Å². The lowest BCUT2D eigenvalue weighted by atomic mass is 10.1. The average Bonchev–Trinajstić information content (AvgIpc) is 2.33. The summed E-state index contributed by atoms with van der Waals surface area (Å²) >= 11 is 4.62. The molecule has 3 nitrogen and oxygen atoms in total. The van der Waals surface area contributed by atoms with Gasteiger partial charge in [0.1, 0.15) is 4.99 Å². The van der Waals surface area contributed by atoms with Crippen molar-refractivity contribution in [1.29, 1.82) is 0 Å². The van der Waals surface area contributed by atoms with Crippen LogP contribution < -0.4 is 11.1 Å². The molecule has 3 N–H and O–H groups in total. The number of nitrogens with two attached hydrogens (primary N) is 1. The predicted molar refractivity (Wildman–Crippen MR) is 72.3 cm³/mol. The molecule has 0 aliphatic rings. The van der Waals surface area contributed by atoms with Gasteiger partial charge < -0.3 is 15.8 Å². The number of anilines is 1. The lowest BCUT2D eigenvalue weighted by molar-refractivity contribution is -0.137. The van der Waals surface area contributed by atoms with Gasteiger partial charge in [-0.2, -0.15) is 13.2 Å². The fourth-order valence-corrected chi connectivity index (χ4v) is 1.69. The third kappa shape index (κ3) is 4.68. The molecule has 0 saturated carbocycles. The van der Waals surface area contributed by atoms with E-state index >= 15 is 0 Å². The molecule has 0 aliphatic carbocycles. The normalized spacial score (nSPS) is 11.4. The van der Waals surface area contributed by atoms with Crippen LogP contribution in [0.3, 0.4) is 0 Å². The third-order valence-electron chi connectivity index (χ3n) is 2.37. The zero-order valence-electron chi connectivity index (χ0n) is 10.4. The van der Waals surface area contributed by atoms with Crippen LogP contribution in [0.1, 0.15) is 18.1 Å². The van der Waals surface area contributed by atoms with Crippen LogP contribution in [0, 0.1) is 0 Å². The maximum absolute atomic E-state index is 12.9. The Kier molecular flexibility index (Phi) is 5.56. The van der Waals surface area contributed by atoms with Crippen molar-refractivity contribution in [2.75, 3.05) is 25.1 Å². The largest absolute Gasteiger partial charge is 0.417 e. The highest BCUT2D eigenvalue weighted by Crippen LogP contribution is 2.33. The van der Waals surface area contributed by atoms with Gasteiger partial charge in [0.15, 0.2) is 0 Å². The number of hydrogen-bond donors (Lipinski definition) is 2. The maximum atomic E-state index is 12.9. The fraction of sp³-hybridized carbons (Fsp3) is 0.417. The second kappa shape index (κ2) is 6.72. The van der Waals surface area contributed by atoms with Crippen LogP contribution in [0.5, 0.6) is 0 Å². The summed E-state index contributed by atoms with van der Waals surface area (Å²) in [5.74, 6) is 0. The molecular formula is C12H15F3N2OS. The molecule has 19 heavy (non-hydrogen) atoms. The Morgan fingerprint density at radius 1 is 1.42 bits per heavy atom. The summed E-state index contributed by atoms with van der Waals surface area (Å²) in [5.41, 5.74) is 4.65. The molecule has 106 valence electrons. The summed E-state index contributed by atoms with van der Waals surface area (Å²) in [6.45, 7) is 3.26. The average molecular weight is 292 g/mol. The minimum absolute atomic E-state index is 0.169. The van der Waals surface area contributed by atoms with E-state index in [4.69, 9.17) is 10.5 Å². The van der Waals surface area contributed by atoms with E-state index in [0.29, 0.717) is 25.4 Å². The van der Waals surface area contributed by atoms with Crippen molar-refractivity contribution in [2.24, 2.45) is 5.73 Å². The standard InChI is InChI=1S/C12H15F3N2OS/c1-2-18-6-5-17-8-3-4-9(11(16)19)10(7-8)12(13,14)15/h3-4,7,17H,2,5-6H2,1H3,(H2,16,19). The summed E-state index contributed by atoms with van der Waals surface area (Å²) in [7, 11) is 0. The van der Waals surface area contributed by atoms with Crippen LogP contribution in [0.15, 0.2) is 18.2 Å². The van der Waals surface area contributed by atoms with Crippen molar-refractivity contribution in [1.82, 2.24) is 0 Å². The fourth-order valence-electron chi connectivity index (χ4n) is 1.52. The molecule has 0 amide bonds. The van der Waals surface area contributed by atoms with Gasteiger partial charge in [-0.1, -0.05) is 12.2 Å². The molecule has 1 aromatic rings. The molecule has 0 bridgehead atoms. The Morgan fingerprint density at radius 2 is 2.11 bits per heavy atom. The Hall–Kier alpha value is -1.34. The predicted octanol–water partition coefficient (Wildman–Crippen LogP) is 2.79. The quantitative estimate of drug-likeness (QED) is 0.625. The maximum Gasteiger partial charge on any atom is 0.417 e. The number of alkyl halides is 3. The highest BCUT2D eigenvalue weighted by atomic mass is 32.1. The Labute approximate surface area is 114 Å². The van der Waals surface area contributed by atoms with E-state index in [1.54, 1.807) is 0 Å². The van der Waals surface area contributed by atoms with Crippen molar-refractivity contribution in [2.45, 2.75) is 13.1 Å². The highest BCUT2D eigenvalue weighted by molar-refractivity contribution is 7.80. The molecule has 0 heterocycles. The van der Waals surface area contributed by atoms with E-state index < -0.39 is 11.7 Å². The second-order valence-electron chi connectivity index (χ2n) is 3.75. The molecule has 7 heteroatoms. The molecule has 0 fully saturated rings. The van der Waals surface area contributed by atoms with Crippen molar-refractivity contribution >= 4 is 22.9 Å². The number of benzene rings is 1. The zero-order chi connectivity index (χ0) is 14.5. The summed E-state index contributed by atoms with van der Waals surface area (Å²) in [6.07, 6.45) is -4.49. The minimum Gasteiger partial charge on any atom is -0.389 e. The van der Waals surface area contributed by atoms with Crippen LogP contribution in [0.2, 0.25) is 0 Å². The topological polar surface area (TPSA) is 47.3 Å². The van der Waals surface area contributed by atoms with Gasteiger partial charge in [0, 0.05) is 24.4 Å². The summed E-state index contributed by atoms with van der Waals surface area (Å²) < 4.78 is 43.7. The van der Waals surface area contributed by atoms with Crippen molar-refractivity contribution in [3.63, 3.8) is 0 Å². The summed E-state index contributed by atoms with van der Waals surface area (Å²) in [6, 6.07) is 3.78. The van der Waals surface area contributed by atoms with E-state index in [2.05, 4.69) is 17.5 Å². The first-order chi connectivity index (χ1) is 8.86. The second-order valence-corrected chi connectivity index (χ2v) is 4.19. The van der Waals surface area contributed by atoms with Crippen LogP contribution in [-0.2, 0) is 10.9 Å². The van der Waals surface area contributed by atoms with Gasteiger partial charge in [-0.3, -0.25) is 0 Å². The number of hydrogen-bond acceptors (Lipinski definition) is 3. The Balaban J connectivity index is 2.90. The smallest absolute Gasteiger partial charge is 0.389 e. The summed E-state index contributed by atoms with van der Waals surface area (Å²) in [4.78, 5) is -0.270. The third-order valence-corrected chi connectivity index (χ3v) is 2.59.